The van der Waals surface area contributed by atoms with Crippen LogP contribution in [0.3, 0.4) is 0 Å². The number of non-ortho nitro benzene ring substituents is 1. The van der Waals surface area contributed by atoms with Gasteiger partial charge in [-0.15, -0.1) is 0 Å². The molecule has 0 fully saturated rings. The van der Waals surface area contributed by atoms with Crippen molar-refractivity contribution in [1.82, 2.24) is 10.6 Å². The Morgan fingerprint density at radius 3 is 1.88 bits per heavy atom. The molecule has 0 radical (unpaired) electrons. The van der Waals surface area contributed by atoms with Crippen LogP contribution in [-0.4, -0.2) is 46.2 Å². The molecule has 10 nitrogen and oxygen atoms in total. The summed E-state index contributed by atoms with van der Waals surface area (Å²) in [6, 6.07) is 3.66. The van der Waals surface area contributed by atoms with Gasteiger partial charge in [0.2, 0.25) is 5.91 Å². The summed E-state index contributed by atoms with van der Waals surface area (Å²) in [7, 11) is 0. The van der Waals surface area contributed by atoms with Crippen LogP contribution in [0.2, 0.25) is 0 Å². The normalized spacial score (nSPS) is 13.6. The molecule has 1 rings (SSSR count). The fraction of sp³-hybridized carbons (Fsp3) is 0.625. The molecular weight excluding hydrogens is 442 g/mol. The Kier molecular flexibility index (Phi) is 10.0. The van der Waals surface area contributed by atoms with Gasteiger partial charge in [-0.25, -0.2) is 9.59 Å². The zero-order chi connectivity index (χ0) is 26.3. The molecule has 0 aromatic heterocycles. The lowest BCUT2D eigenvalue weighted by atomic mass is 10.0. The van der Waals surface area contributed by atoms with E-state index in [1.165, 1.54) is 24.3 Å². The lowest BCUT2D eigenvalue weighted by molar-refractivity contribution is -0.384. The van der Waals surface area contributed by atoms with Crippen LogP contribution in [0.4, 0.5) is 10.5 Å². The molecule has 190 valence electrons. The van der Waals surface area contributed by atoms with Gasteiger partial charge in [0, 0.05) is 18.6 Å². The van der Waals surface area contributed by atoms with Gasteiger partial charge < -0.3 is 20.1 Å². The quantitative estimate of drug-likeness (QED) is 0.311. The third-order valence-corrected chi connectivity index (χ3v) is 4.31. The van der Waals surface area contributed by atoms with Gasteiger partial charge >= 0.3 is 12.1 Å². The number of nitrogens with zero attached hydrogens (tertiary/aromatic N) is 1. The van der Waals surface area contributed by atoms with Crippen molar-refractivity contribution in [2.24, 2.45) is 5.92 Å². The second-order valence-corrected chi connectivity index (χ2v) is 10.6. The lowest BCUT2D eigenvalue weighted by Crippen LogP contribution is -2.54. The Labute approximate surface area is 200 Å². The van der Waals surface area contributed by atoms with E-state index in [9.17, 15) is 24.5 Å². The van der Waals surface area contributed by atoms with Crippen molar-refractivity contribution in [2.45, 2.75) is 91.5 Å². The minimum Gasteiger partial charge on any atom is -0.458 e. The van der Waals surface area contributed by atoms with Crippen LogP contribution < -0.4 is 10.6 Å². The Morgan fingerprint density at radius 2 is 1.44 bits per heavy atom. The summed E-state index contributed by atoms with van der Waals surface area (Å²) in [6.45, 7) is 14.1. The minimum atomic E-state index is -1.09. The number of amides is 2. The molecule has 0 aliphatic rings. The van der Waals surface area contributed by atoms with Crippen molar-refractivity contribution < 1.29 is 28.8 Å². The molecule has 1 aromatic rings. The summed E-state index contributed by atoms with van der Waals surface area (Å²) in [5.74, 6) is -1.08. The summed E-state index contributed by atoms with van der Waals surface area (Å²) >= 11 is 0. The third-order valence-electron chi connectivity index (χ3n) is 4.31. The van der Waals surface area contributed by atoms with Gasteiger partial charge in [0.15, 0.2) is 0 Å². The molecule has 0 saturated carbocycles. The predicted molar refractivity (Wildman–Crippen MR) is 127 cm³/mol. The van der Waals surface area contributed by atoms with E-state index in [2.05, 4.69) is 10.6 Å². The van der Waals surface area contributed by atoms with Crippen molar-refractivity contribution in [3.63, 3.8) is 0 Å². The second-order valence-electron chi connectivity index (χ2n) is 10.6. The van der Waals surface area contributed by atoms with Crippen molar-refractivity contribution in [3.05, 3.63) is 39.9 Å². The van der Waals surface area contributed by atoms with Gasteiger partial charge in [0.05, 0.1) is 4.92 Å². The van der Waals surface area contributed by atoms with E-state index < -0.39 is 46.2 Å². The van der Waals surface area contributed by atoms with Crippen LogP contribution in [0, 0.1) is 16.0 Å². The van der Waals surface area contributed by atoms with Crippen molar-refractivity contribution in [3.8, 4) is 0 Å². The fourth-order valence-electron chi connectivity index (χ4n) is 2.98. The largest absolute Gasteiger partial charge is 0.458 e. The molecule has 2 N–H and O–H groups in total. The average Bonchev–Trinajstić information content (AvgIpc) is 2.64. The monoisotopic (exact) mass is 479 g/mol. The zero-order valence-electron chi connectivity index (χ0n) is 21.3. The van der Waals surface area contributed by atoms with Gasteiger partial charge in [-0.3, -0.25) is 14.9 Å². The Bertz CT molecular complexity index is 868. The Hall–Kier alpha value is -3.17. The number of hydrogen-bond donors (Lipinski definition) is 2. The van der Waals surface area contributed by atoms with Crippen LogP contribution >= 0.6 is 0 Å². The smallest absolute Gasteiger partial charge is 0.408 e. The van der Waals surface area contributed by atoms with Gasteiger partial charge in [-0.05, 0) is 59.4 Å². The standard InChI is InChI=1S/C24H37N3O7/c1-15(2)13-19(21(29)33-23(3,4)5)25-20(28)18(26-22(30)34-24(6,7)8)14-16-9-11-17(12-10-16)27(31)32/h9-12,15,18-19H,13-14H2,1-8H3,(H,25,28)(H,26,30)/t18-,19-/m0/s1. The molecule has 0 saturated heterocycles. The van der Waals surface area contributed by atoms with Gasteiger partial charge in [0.25, 0.3) is 5.69 Å². The van der Waals surface area contributed by atoms with Crippen molar-refractivity contribution >= 4 is 23.7 Å². The summed E-state index contributed by atoms with van der Waals surface area (Å²) in [5, 5.41) is 16.2. The average molecular weight is 480 g/mol. The number of rotatable bonds is 9. The highest BCUT2D eigenvalue weighted by Crippen LogP contribution is 2.16. The molecule has 0 aliphatic heterocycles. The molecule has 0 unspecified atom stereocenters. The van der Waals surface area contributed by atoms with E-state index in [1.54, 1.807) is 41.5 Å². The molecule has 34 heavy (non-hydrogen) atoms. The molecule has 1 aromatic carbocycles. The first-order valence-electron chi connectivity index (χ1n) is 11.2. The summed E-state index contributed by atoms with van der Waals surface area (Å²) in [6.07, 6.45) is -0.421. The van der Waals surface area contributed by atoms with Crippen LogP contribution in [0.5, 0.6) is 0 Å². The zero-order valence-corrected chi connectivity index (χ0v) is 21.3. The minimum absolute atomic E-state index is 0.0335. The van der Waals surface area contributed by atoms with E-state index in [1.807, 2.05) is 13.8 Å². The van der Waals surface area contributed by atoms with Crippen molar-refractivity contribution in [2.75, 3.05) is 0 Å². The van der Waals surface area contributed by atoms with Gasteiger partial charge in [0.1, 0.15) is 23.3 Å². The first-order valence-corrected chi connectivity index (χ1v) is 11.2. The van der Waals surface area contributed by atoms with Crippen LogP contribution in [-0.2, 0) is 25.5 Å². The Balaban J connectivity index is 3.13. The number of carbonyl (C=O) groups excluding carboxylic acids is 3. The molecular formula is C24H37N3O7. The maximum absolute atomic E-state index is 13.2. The van der Waals surface area contributed by atoms with Crippen LogP contribution in [0.1, 0.15) is 67.4 Å². The van der Waals surface area contributed by atoms with E-state index in [4.69, 9.17) is 9.47 Å². The highest BCUT2D eigenvalue weighted by atomic mass is 16.6. The summed E-state index contributed by atoms with van der Waals surface area (Å²) in [5.41, 5.74) is -1.02. The van der Waals surface area contributed by atoms with Gasteiger partial charge in [-0.1, -0.05) is 26.0 Å². The lowest BCUT2D eigenvalue weighted by Gasteiger charge is -2.27. The Morgan fingerprint density at radius 1 is 0.912 bits per heavy atom. The number of benzene rings is 1. The van der Waals surface area contributed by atoms with E-state index in [-0.39, 0.29) is 18.0 Å². The summed E-state index contributed by atoms with van der Waals surface area (Å²) < 4.78 is 10.7. The van der Waals surface area contributed by atoms with E-state index in [0.717, 1.165) is 0 Å². The number of ether oxygens (including phenoxy) is 2. The first kappa shape index (κ1) is 28.9. The molecule has 2 atom stereocenters. The number of carbonyl (C=O) groups is 3. The highest BCUT2D eigenvalue weighted by molar-refractivity contribution is 5.90. The van der Waals surface area contributed by atoms with Crippen molar-refractivity contribution in [1.29, 1.82) is 0 Å². The topological polar surface area (TPSA) is 137 Å². The molecule has 0 heterocycles. The van der Waals surface area contributed by atoms with Crippen LogP contribution in [0.25, 0.3) is 0 Å². The molecule has 0 bridgehead atoms. The maximum Gasteiger partial charge on any atom is 0.408 e. The van der Waals surface area contributed by atoms with Crippen LogP contribution in [0.15, 0.2) is 24.3 Å². The molecule has 0 spiro atoms. The van der Waals surface area contributed by atoms with Gasteiger partial charge in [-0.2, -0.15) is 0 Å². The van der Waals surface area contributed by atoms with E-state index >= 15 is 0 Å². The number of alkyl carbamates (subject to hydrolysis) is 1. The number of nitro groups is 1. The predicted octanol–water partition coefficient (Wildman–Crippen LogP) is 3.90. The number of nitrogens with one attached hydrogen (secondary N) is 2. The first-order chi connectivity index (χ1) is 15.5. The second kappa shape index (κ2) is 11.8. The fourth-order valence-corrected chi connectivity index (χ4v) is 2.98. The molecule has 10 heteroatoms. The van der Waals surface area contributed by atoms with E-state index in [0.29, 0.717) is 12.0 Å². The number of esters is 1. The third kappa shape index (κ3) is 11.1. The highest BCUT2D eigenvalue weighted by Gasteiger charge is 2.31. The maximum atomic E-state index is 13.2. The molecule has 2 amide bonds. The number of hydrogen-bond acceptors (Lipinski definition) is 7. The molecule has 0 aliphatic carbocycles. The summed E-state index contributed by atoms with van der Waals surface area (Å²) in [4.78, 5) is 48.7. The number of nitro benzene ring substituents is 1. The SMILES string of the molecule is CC(C)C[C@H](NC(=O)[C@H](Cc1ccc([N+](=O)[O-])cc1)NC(=O)OC(C)(C)C)C(=O)OC(C)(C)C.